The van der Waals surface area contributed by atoms with Gasteiger partial charge in [0.15, 0.2) is 17.5 Å². The predicted molar refractivity (Wildman–Crippen MR) is 134 cm³/mol. The molecule has 2 aromatic carbocycles. The van der Waals surface area contributed by atoms with Crippen LogP contribution in [0.1, 0.15) is 28.4 Å². The number of carbonyl (C=O) groups excluding carboxylic acids is 1. The molecule has 0 unspecified atom stereocenters. The van der Waals surface area contributed by atoms with Crippen LogP contribution in [-0.4, -0.2) is 57.3 Å². The molecule has 1 aliphatic rings. The van der Waals surface area contributed by atoms with Gasteiger partial charge in [0.2, 0.25) is 6.79 Å². The van der Waals surface area contributed by atoms with E-state index in [2.05, 4.69) is 15.6 Å². The van der Waals surface area contributed by atoms with Crippen molar-refractivity contribution in [1.82, 2.24) is 15.5 Å². The summed E-state index contributed by atoms with van der Waals surface area (Å²) in [4.78, 5) is 18.4. The van der Waals surface area contributed by atoms with Crippen LogP contribution < -0.4 is 20.1 Å². The summed E-state index contributed by atoms with van der Waals surface area (Å²) < 4.78 is 10.8. The molecule has 2 aromatic rings. The van der Waals surface area contributed by atoms with Crippen molar-refractivity contribution in [2.24, 2.45) is 4.99 Å². The molecule has 31 heavy (non-hydrogen) atoms. The summed E-state index contributed by atoms with van der Waals surface area (Å²) in [5.41, 5.74) is 2.99. The molecule has 7 nitrogen and oxygen atoms in total. The summed E-state index contributed by atoms with van der Waals surface area (Å²) >= 11 is 0. The number of hydrogen-bond acceptors (Lipinski definition) is 4. The van der Waals surface area contributed by atoms with Crippen molar-refractivity contribution < 1.29 is 14.3 Å². The van der Waals surface area contributed by atoms with E-state index in [-0.39, 0.29) is 36.7 Å². The maximum Gasteiger partial charge on any atom is 0.253 e. The molecule has 8 heteroatoms. The van der Waals surface area contributed by atoms with Gasteiger partial charge in [0.05, 0.1) is 0 Å². The molecule has 1 aliphatic heterocycles. The molecule has 0 saturated carbocycles. The van der Waals surface area contributed by atoms with E-state index in [0.717, 1.165) is 49.0 Å². The monoisotopic (exact) mass is 538 g/mol. The maximum absolute atomic E-state index is 12.1. The second kappa shape index (κ2) is 12.4. The van der Waals surface area contributed by atoms with Crippen molar-refractivity contribution >= 4 is 35.8 Å². The first-order valence-electron chi connectivity index (χ1n) is 10.3. The number of carbonyl (C=O) groups is 1. The van der Waals surface area contributed by atoms with Gasteiger partial charge in [-0.15, -0.1) is 24.0 Å². The quantitative estimate of drug-likeness (QED) is 0.307. The Bertz CT molecular complexity index is 902. The third kappa shape index (κ3) is 7.30. The van der Waals surface area contributed by atoms with E-state index in [0.29, 0.717) is 12.1 Å². The van der Waals surface area contributed by atoms with Gasteiger partial charge >= 0.3 is 0 Å². The van der Waals surface area contributed by atoms with E-state index in [9.17, 15) is 4.79 Å². The van der Waals surface area contributed by atoms with Gasteiger partial charge in [0.25, 0.3) is 5.91 Å². The number of rotatable bonds is 8. The van der Waals surface area contributed by atoms with E-state index in [1.807, 2.05) is 49.4 Å². The van der Waals surface area contributed by atoms with Crippen LogP contribution in [0.4, 0.5) is 0 Å². The smallest absolute Gasteiger partial charge is 0.253 e. The lowest BCUT2D eigenvalue weighted by Gasteiger charge is -2.13. The predicted octanol–water partition coefficient (Wildman–Crippen LogP) is 3.08. The number of hydrogen-bond donors (Lipinski definition) is 2. The Balaban J connectivity index is 0.00000341. The summed E-state index contributed by atoms with van der Waals surface area (Å²) in [5, 5.41) is 6.64. The molecule has 168 valence electrons. The van der Waals surface area contributed by atoms with Crippen LogP contribution in [0.15, 0.2) is 47.5 Å². The zero-order valence-electron chi connectivity index (χ0n) is 18.3. The Morgan fingerprint density at radius 1 is 1.03 bits per heavy atom. The lowest BCUT2D eigenvalue weighted by Crippen LogP contribution is -2.38. The Labute approximate surface area is 201 Å². The van der Waals surface area contributed by atoms with Crippen LogP contribution in [0, 0.1) is 0 Å². The number of ether oxygens (including phenoxy) is 2. The molecular formula is C23H31IN4O3. The molecule has 3 rings (SSSR count). The Kier molecular flexibility index (Phi) is 9.90. The number of amides is 1. The van der Waals surface area contributed by atoms with E-state index < -0.39 is 0 Å². The van der Waals surface area contributed by atoms with E-state index in [4.69, 9.17) is 9.47 Å². The molecular weight excluding hydrogens is 507 g/mol. The molecule has 0 atom stereocenters. The number of fused-ring (bicyclic) bond motifs is 1. The lowest BCUT2D eigenvalue weighted by molar-refractivity contribution is 0.0827. The standard InChI is InChI=1S/C23H30N4O3.HI/c1-4-24-23(26-13-11-18-8-9-20-21(15-18)30-16-29-20)25-12-10-17-6-5-7-19(14-17)22(28)27(2)3;/h5-9,14-15H,4,10-13,16H2,1-3H3,(H2,24,25,26);1H. The number of aliphatic imine (C=N–C) groups is 1. The van der Waals surface area contributed by atoms with Gasteiger partial charge in [0, 0.05) is 39.3 Å². The second-order valence-electron chi connectivity index (χ2n) is 7.28. The maximum atomic E-state index is 12.1. The zero-order chi connectivity index (χ0) is 21.3. The van der Waals surface area contributed by atoms with Crippen LogP contribution in [0.5, 0.6) is 11.5 Å². The SMILES string of the molecule is CCNC(=NCCc1ccc2c(c1)OCO2)NCCc1cccc(C(=O)N(C)C)c1.I. The van der Waals surface area contributed by atoms with Crippen molar-refractivity contribution in [1.29, 1.82) is 0 Å². The summed E-state index contributed by atoms with van der Waals surface area (Å²) in [6, 6.07) is 13.8. The molecule has 1 heterocycles. The molecule has 0 aliphatic carbocycles. The van der Waals surface area contributed by atoms with Gasteiger partial charge in [-0.3, -0.25) is 9.79 Å². The minimum Gasteiger partial charge on any atom is -0.454 e. The third-order valence-electron chi connectivity index (χ3n) is 4.74. The molecule has 0 saturated heterocycles. The van der Waals surface area contributed by atoms with Crippen molar-refractivity contribution in [2.75, 3.05) is 40.5 Å². The topological polar surface area (TPSA) is 75.2 Å². The summed E-state index contributed by atoms with van der Waals surface area (Å²) in [6.45, 7) is 4.53. The average molecular weight is 538 g/mol. The van der Waals surface area contributed by atoms with Crippen LogP contribution in [-0.2, 0) is 12.8 Å². The molecule has 0 spiro atoms. The van der Waals surface area contributed by atoms with Crippen LogP contribution >= 0.6 is 24.0 Å². The fraction of sp³-hybridized carbons (Fsp3) is 0.391. The fourth-order valence-electron chi connectivity index (χ4n) is 3.18. The Morgan fingerprint density at radius 2 is 1.81 bits per heavy atom. The second-order valence-corrected chi connectivity index (χ2v) is 7.28. The van der Waals surface area contributed by atoms with Crippen molar-refractivity contribution in [3.8, 4) is 11.5 Å². The molecule has 0 fully saturated rings. The largest absolute Gasteiger partial charge is 0.454 e. The van der Waals surface area contributed by atoms with Crippen molar-refractivity contribution in [3.63, 3.8) is 0 Å². The van der Waals surface area contributed by atoms with Gasteiger partial charge < -0.3 is 25.0 Å². The van der Waals surface area contributed by atoms with Gasteiger partial charge in [-0.1, -0.05) is 18.2 Å². The number of nitrogens with zero attached hydrogens (tertiary/aromatic N) is 2. The lowest BCUT2D eigenvalue weighted by atomic mass is 10.1. The van der Waals surface area contributed by atoms with Crippen LogP contribution in [0.3, 0.4) is 0 Å². The van der Waals surface area contributed by atoms with Gasteiger partial charge in [-0.05, 0) is 55.2 Å². The minimum atomic E-state index is 0. The van der Waals surface area contributed by atoms with Crippen LogP contribution in [0.2, 0.25) is 0 Å². The Morgan fingerprint density at radius 3 is 2.58 bits per heavy atom. The first-order valence-corrected chi connectivity index (χ1v) is 10.3. The molecule has 0 bridgehead atoms. The van der Waals surface area contributed by atoms with E-state index >= 15 is 0 Å². The first kappa shape index (κ1) is 24.8. The van der Waals surface area contributed by atoms with Crippen LogP contribution in [0.25, 0.3) is 0 Å². The number of halogens is 1. The molecule has 0 aromatic heterocycles. The zero-order valence-corrected chi connectivity index (χ0v) is 20.6. The summed E-state index contributed by atoms with van der Waals surface area (Å²) in [7, 11) is 3.53. The number of nitrogens with one attached hydrogen (secondary N) is 2. The fourth-order valence-corrected chi connectivity index (χ4v) is 3.18. The van der Waals surface area contributed by atoms with E-state index in [1.165, 1.54) is 5.56 Å². The van der Waals surface area contributed by atoms with Gasteiger partial charge in [0.1, 0.15) is 0 Å². The highest BCUT2D eigenvalue weighted by molar-refractivity contribution is 14.0. The summed E-state index contributed by atoms with van der Waals surface area (Å²) in [6.07, 6.45) is 1.63. The average Bonchev–Trinajstić information content (AvgIpc) is 3.21. The first-order chi connectivity index (χ1) is 14.6. The highest BCUT2D eigenvalue weighted by Gasteiger charge is 2.13. The highest BCUT2D eigenvalue weighted by Crippen LogP contribution is 2.32. The van der Waals surface area contributed by atoms with Gasteiger partial charge in [-0.2, -0.15) is 0 Å². The highest BCUT2D eigenvalue weighted by atomic mass is 127. The number of guanidine groups is 1. The third-order valence-corrected chi connectivity index (χ3v) is 4.74. The number of benzene rings is 2. The van der Waals surface area contributed by atoms with Crippen molar-refractivity contribution in [3.05, 3.63) is 59.2 Å². The summed E-state index contributed by atoms with van der Waals surface area (Å²) in [5.74, 6) is 2.41. The Hall–Kier alpha value is -2.49. The normalized spacial score (nSPS) is 12.2. The molecule has 2 N–H and O–H groups in total. The van der Waals surface area contributed by atoms with Crippen molar-refractivity contribution in [2.45, 2.75) is 19.8 Å². The minimum absolute atomic E-state index is 0. The molecule has 0 radical (unpaired) electrons. The van der Waals surface area contributed by atoms with E-state index in [1.54, 1.807) is 19.0 Å². The van der Waals surface area contributed by atoms with Gasteiger partial charge in [-0.25, -0.2) is 0 Å². The molecule has 1 amide bonds.